The van der Waals surface area contributed by atoms with E-state index in [4.69, 9.17) is 9.26 Å². The highest BCUT2D eigenvalue weighted by Crippen LogP contribution is 2.24. The summed E-state index contributed by atoms with van der Waals surface area (Å²) in [6, 6.07) is 17.0. The van der Waals surface area contributed by atoms with E-state index in [1.807, 2.05) is 30.3 Å². The number of hydrogen-bond acceptors (Lipinski definition) is 4. The van der Waals surface area contributed by atoms with Gasteiger partial charge in [-0.3, -0.25) is 5.32 Å². The van der Waals surface area contributed by atoms with Gasteiger partial charge in [0.25, 0.3) is 0 Å². The Kier molecular flexibility index (Phi) is 3.35. The normalized spacial score (nSPS) is 10.9. The van der Waals surface area contributed by atoms with Gasteiger partial charge in [-0.2, -0.15) is 0 Å². The summed E-state index contributed by atoms with van der Waals surface area (Å²) in [5.41, 5.74) is 0.373. The molecule has 0 saturated carbocycles. The maximum Gasteiger partial charge on any atom is 0.418 e. The quantitative estimate of drug-likeness (QED) is 0.579. The number of nitrogens with zero attached hydrogens (tertiary/aromatic N) is 1. The van der Waals surface area contributed by atoms with Gasteiger partial charge in [-0.1, -0.05) is 35.5 Å². The minimum atomic E-state index is -0.732. The van der Waals surface area contributed by atoms with Crippen LogP contribution >= 0.6 is 0 Å². The predicted molar refractivity (Wildman–Crippen MR) is 87.6 cm³/mol. The molecule has 1 heterocycles. The highest BCUT2D eigenvalue weighted by atomic mass is 19.1. The van der Waals surface area contributed by atoms with Gasteiger partial charge in [0.2, 0.25) is 0 Å². The first-order valence-corrected chi connectivity index (χ1v) is 7.22. The minimum Gasteiger partial charge on any atom is -0.410 e. The van der Waals surface area contributed by atoms with Crippen LogP contribution in [0.1, 0.15) is 0 Å². The Hall–Kier alpha value is -3.41. The monoisotopic (exact) mass is 322 g/mol. The molecule has 0 spiro atoms. The number of rotatable bonds is 2. The van der Waals surface area contributed by atoms with Crippen molar-refractivity contribution >= 4 is 33.7 Å². The Balaban J connectivity index is 1.55. The number of halogens is 1. The van der Waals surface area contributed by atoms with Crippen molar-refractivity contribution in [2.45, 2.75) is 0 Å². The summed E-state index contributed by atoms with van der Waals surface area (Å²) in [6.07, 6.45) is -0.732. The van der Waals surface area contributed by atoms with Crippen LogP contribution < -0.4 is 10.1 Å². The smallest absolute Gasteiger partial charge is 0.410 e. The number of benzene rings is 3. The minimum absolute atomic E-state index is 0.107. The molecular formula is C18H11FN2O3. The van der Waals surface area contributed by atoms with Crippen LogP contribution in [0, 0.1) is 5.82 Å². The Morgan fingerprint density at radius 3 is 2.75 bits per heavy atom. The van der Waals surface area contributed by atoms with Crippen molar-refractivity contribution in [1.82, 2.24) is 5.16 Å². The second-order valence-corrected chi connectivity index (χ2v) is 5.20. The third-order valence-electron chi connectivity index (χ3n) is 3.58. The number of hydrogen-bond donors (Lipinski definition) is 1. The summed E-state index contributed by atoms with van der Waals surface area (Å²) in [4.78, 5) is 12.0. The zero-order valence-electron chi connectivity index (χ0n) is 12.3. The second kappa shape index (κ2) is 5.66. The van der Waals surface area contributed by atoms with Gasteiger partial charge >= 0.3 is 6.09 Å². The van der Waals surface area contributed by atoms with Crippen molar-refractivity contribution < 1.29 is 18.4 Å². The van der Waals surface area contributed by atoms with Crippen molar-refractivity contribution in [3.63, 3.8) is 0 Å². The van der Waals surface area contributed by atoms with Gasteiger partial charge < -0.3 is 9.26 Å². The summed E-state index contributed by atoms with van der Waals surface area (Å²) in [6.45, 7) is 0. The van der Waals surface area contributed by atoms with Gasteiger partial charge in [0, 0.05) is 0 Å². The molecule has 6 heteroatoms. The molecule has 0 atom stereocenters. The lowest BCUT2D eigenvalue weighted by Gasteiger charge is -2.06. The van der Waals surface area contributed by atoms with E-state index in [1.54, 1.807) is 12.1 Å². The number of amides is 1. The molecule has 5 nitrogen and oxygen atoms in total. The Labute approximate surface area is 135 Å². The lowest BCUT2D eigenvalue weighted by atomic mass is 10.1. The molecule has 0 unspecified atom stereocenters. The number of nitrogens with one attached hydrogen (secondary N) is 1. The van der Waals surface area contributed by atoms with Crippen LogP contribution in [0.4, 0.5) is 15.0 Å². The lowest BCUT2D eigenvalue weighted by molar-refractivity contribution is 0.215. The fourth-order valence-electron chi connectivity index (χ4n) is 2.46. The first-order chi connectivity index (χ1) is 11.7. The average Bonchev–Trinajstić information content (AvgIpc) is 2.97. The molecule has 118 valence electrons. The Bertz CT molecular complexity index is 1060. The molecule has 0 fully saturated rings. The molecule has 0 saturated heterocycles. The number of ether oxygens (including phenoxy) is 1. The van der Waals surface area contributed by atoms with Crippen LogP contribution in [-0.2, 0) is 0 Å². The van der Waals surface area contributed by atoms with E-state index in [0.717, 1.165) is 10.8 Å². The van der Waals surface area contributed by atoms with Crippen LogP contribution in [0.3, 0.4) is 0 Å². The summed E-state index contributed by atoms with van der Waals surface area (Å²) in [7, 11) is 0. The number of fused-ring (bicyclic) bond motifs is 2. The van der Waals surface area contributed by atoms with Crippen LogP contribution in [0.5, 0.6) is 5.75 Å². The summed E-state index contributed by atoms with van der Waals surface area (Å²) < 4.78 is 23.6. The summed E-state index contributed by atoms with van der Waals surface area (Å²) in [5.74, 6) is 0.0529. The third-order valence-corrected chi connectivity index (χ3v) is 3.58. The van der Waals surface area contributed by atoms with Crippen molar-refractivity contribution in [2.24, 2.45) is 0 Å². The van der Waals surface area contributed by atoms with Gasteiger partial charge in [0.15, 0.2) is 11.4 Å². The summed E-state index contributed by atoms with van der Waals surface area (Å²) >= 11 is 0. The van der Waals surface area contributed by atoms with Crippen LogP contribution in [0.25, 0.3) is 21.7 Å². The van der Waals surface area contributed by atoms with Crippen molar-refractivity contribution in [3.05, 3.63) is 66.5 Å². The van der Waals surface area contributed by atoms with E-state index in [-0.39, 0.29) is 5.82 Å². The Morgan fingerprint density at radius 1 is 1.04 bits per heavy atom. The SMILES string of the molecule is O=C(Nc1noc2ccc(F)cc12)Oc1ccc2ccccc2c1. The molecule has 0 radical (unpaired) electrons. The molecule has 4 rings (SSSR count). The molecule has 24 heavy (non-hydrogen) atoms. The maximum atomic E-state index is 13.3. The zero-order valence-corrected chi connectivity index (χ0v) is 12.3. The maximum absolute atomic E-state index is 13.3. The predicted octanol–water partition coefficient (Wildman–Crippen LogP) is 4.73. The van der Waals surface area contributed by atoms with E-state index in [1.165, 1.54) is 18.2 Å². The molecule has 4 aromatic rings. The van der Waals surface area contributed by atoms with Crippen molar-refractivity contribution in [3.8, 4) is 5.75 Å². The van der Waals surface area contributed by atoms with Gasteiger partial charge in [-0.05, 0) is 41.1 Å². The van der Waals surface area contributed by atoms with E-state index in [9.17, 15) is 9.18 Å². The van der Waals surface area contributed by atoms with Crippen molar-refractivity contribution in [2.75, 3.05) is 5.32 Å². The number of carbonyl (C=O) groups is 1. The molecule has 0 bridgehead atoms. The molecule has 1 aromatic heterocycles. The number of carbonyl (C=O) groups excluding carboxylic acids is 1. The second-order valence-electron chi connectivity index (χ2n) is 5.20. The third kappa shape index (κ3) is 2.65. The van der Waals surface area contributed by atoms with Crippen molar-refractivity contribution in [1.29, 1.82) is 0 Å². The van der Waals surface area contributed by atoms with E-state index >= 15 is 0 Å². The fraction of sp³-hybridized carbons (Fsp3) is 0. The first-order valence-electron chi connectivity index (χ1n) is 7.22. The molecule has 0 aliphatic heterocycles. The van der Waals surface area contributed by atoms with Gasteiger partial charge in [0.1, 0.15) is 11.6 Å². The highest BCUT2D eigenvalue weighted by Gasteiger charge is 2.13. The lowest BCUT2D eigenvalue weighted by Crippen LogP contribution is -2.17. The van der Waals surface area contributed by atoms with E-state index in [0.29, 0.717) is 16.7 Å². The molecule has 0 aliphatic carbocycles. The van der Waals surface area contributed by atoms with E-state index < -0.39 is 11.9 Å². The highest BCUT2D eigenvalue weighted by molar-refractivity contribution is 5.97. The molecule has 1 N–H and O–H groups in total. The van der Waals surface area contributed by atoms with Crippen LogP contribution in [-0.4, -0.2) is 11.2 Å². The fourth-order valence-corrected chi connectivity index (χ4v) is 2.46. The van der Waals surface area contributed by atoms with Gasteiger partial charge in [0.05, 0.1) is 5.39 Å². The van der Waals surface area contributed by atoms with Crippen LogP contribution in [0.2, 0.25) is 0 Å². The summed E-state index contributed by atoms with van der Waals surface area (Å²) in [5, 5.41) is 8.54. The topological polar surface area (TPSA) is 64.4 Å². The van der Waals surface area contributed by atoms with Gasteiger partial charge in [-0.15, -0.1) is 0 Å². The molecular weight excluding hydrogens is 311 g/mol. The Morgan fingerprint density at radius 2 is 1.88 bits per heavy atom. The first kappa shape index (κ1) is 14.2. The molecule has 0 aliphatic rings. The molecule has 3 aromatic carbocycles. The number of aromatic nitrogens is 1. The van der Waals surface area contributed by atoms with Gasteiger partial charge in [-0.25, -0.2) is 9.18 Å². The van der Waals surface area contributed by atoms with Crippen LogP contribution in [0.15, 0.2) is 65.2 Å². The molecule has 1 amide bonds. The number of anilines is 1. The largest absolute Gasteiger partial charge is 0.418 e. The standard InChI is InChI=1S/C18H11FN2O3/c19-13-6-8-16-15(10-13)17(21-24-16)20-18(22)23-14-7-5-11-3-1-2-4-12(11)9-14/h1-10H,(H,20,21,22). The van der Waals surface area contributed by atoms with E-state index in [2.05, 4.69) is 10.5 Å². The average molecular weight is 322 g/mol. The zero-order chi connectivity index (χ0) is 16.5.